The van der Waals surface area contributed by atoms with Crippen LogP contribution in [-0.4, -0.2) is 16.2 Å². The Morgan fingerprint density at radius 3 is 1.73 bits per heavy atom. The van der Waals surface area contributed by atoms with Gasteiger partial charge in [0.15, 0.2) is 0 Å². The molecule has 11 heavy (non-hydrogen) atoms. The summed E-state index contributed by atoms with van der Waals surface area (Å²) >= 11 is 1.93. The molecule has 0 aliphatic heterocycles. The van der Waals surface area contributed by atoms with E-state index < -0.39 is 11.8 Å². The van der Waals surface area contributed by atoms with E-state index in [4.69, 9.17) is 0 Å². The van der Waals surface area contributed by atoms with Gasteiger partial charge < -0.3 is 0 Å². The molecule has 0 fully saturated rings. The van der Waals surface area contributed by atoms with Gasteiger partial charge in [-0.1, -0.05) is 0 Å². The van der Waals surface area contributed by atoms with Crippen LogP contribution in [-0.2, 0) is 21.7 Å². The third-order valence-electron chi connectivity index (χ3n) is 1.09. The van der Waals surface area contributed by atoms with Crippen molar-refractivity contribution in [2.45, 2.75) is 32.5 Å². The zero-order valence-electron chi connectivity index (χ0n) is 6.49. The van der Waals surface area contributed by atoms with Gasteiger partial charge in [0.2, 0.25) is 0 Å². The molecule has 0 aliphatic rings. The summed E-state index contributed by atoms with van der Waals surface area (Å²) in [5.41, 5.74) is -2.09. The molecule has 0 atom stereocenters. The summed E-state index contributed by atoms with van der Waals surface area (Å²) in [4.78, 5) is 0. The van der Waals surface area contributed by atoms with Gasteiger partial charge in [-0.25, -0.2) is 0 Å². The molecular formula is C6H9F3OV. The summed E-state index contributed by atoms with van der Waals surface area (Å²) in [7, 11) is 0. The molecule has 0 amide bonds. The Morgan fingerprint density at radius 2 is 1.64 bits per heavy atom. The van der Waals surface area contributed by atoms with E-state index in [9.17, 15) is 13.2 Å². The van der Waals surface area contributed by atoms with Gasteiger partial charge in [0, 0.05) is 0 Å². The number of hydrogen-bond acceptors (Lipinski definition) is 1. The van der Waals surface area contributed by atoms with Crippen molar-refractivity contribution in [1.82, 2.24) is 0 Å². The molecule has 0 unspecified atom stereocenters. The molecule has 0 aromatic carbocycles. The van der Waals surface area contributed by atoms with E-state index in [1.165, 1.54) is 6.92 Å². The molecule has 0 aliphatic carbocycles. The fourth-order valence-electron chi connectivity index (χ4n) is 0.427. The van der Waals surface area contributed by atoms with Gasteiger partial charge in [0.1, 0.15) is 0 Å². The first-order valence-corrected chi connectivity index (χ1v) is 3.65. The first-order valence-electron chi connectivity index (χ1n) is 2.95. The van der Waals surface area contributed by atoms with Crippen LogP contribution in [0.25, 0.3) is 0 Å². The molecule has 5 heteroatoms. The summed E-state index contributed by atoms with van der Waals surface area (Å²) in [5, 5.41) is 0. The first-order chi connectivity index (χ1) is 4.67. The molecule has 0 heterocycles. The molecular weight excluding hydrogens is 196 g/mol. The molecule has 0 aromatic heterocycles. The average molecular weight is 205 g/mol. The summed E-state index contributed by atoms with van der Waals surface area (Å²) in [5.74, 6) is 0. The Bertz CT molecular complexity index is 162. The van der Waals surface area contributed by atoms with Crippen molar-refractivity contribution < 1.29 is 34.9 Å². The Hall–Kier alpha value is 0.204. The Morgan fingerprint density at radius 1 is 1.27 bits per heavy atom. The van der Waals surface area contributed by atoms with Gasteiger partial charge in [-0.05, 0) is 0 Å². The third-order valence-corrected chi connectivity index (χ3v) is 1.23. The van der Waals surface area contributed by atoms with Gasteiger partial charge in [-0.15, -0.1) is 0 Å². The zero-order valence-corrected chi connectivity index (χ0v) is 7.89. The molecule has 1 nitrogen and oxygen atoms in total. The van der Waals surface area contributed by atoms with Crippen LogP contribution >= 0.6 is 0 Å². The van der Waals surface area contributed by atoms with Gasteiger partial charge in [0.05, 0.1) is 0 Å². The van der Waals surface area contributed by atoms with Crippen molar-refractivity contribution >= 4 is 4.41 Å². The number of hydrogen-bond donors (Lipinski definition) is 0. The summed E-state index contributed by atoms with van der Waals surface area (Å²) in [6, 6.07) is 0. The Labute approximate surface area is 72.4 Å². The molecule has 0 N–H and O–H groups in total. The normalized spacial score (nSPS) is 13.2. The van der Waals surface area contributed by atoms with E-state index in [1.807, 2.05) is 17.0 Å². The number of alkyl halides is 3. The third kappa shape index (κ3) is 3.40. The van der Waals surface area contributed by atoms with E-state index in [0.717, 1.165) is 13.8 Å². The molecule has 0 bridgehead atoms. The van der Waals surface area contributed by atoms with Crippen LogP contribution in [0.3, 0.4) is 0 Å². The maximum absolute atomic E-state index is 12.0. The molecule has 0 rings (SSSR count). The number of rotatable bonds is 2. The van der Waals surface area contributed by atoms with Crippen molar-refractivity contribution in [3.8, 4) is 0 Å². The molecule has 0 saturated heterocycles. The zero-order chi connectivity index (χ0) is 9.28. The minimum absolute atomic E-state index is 0.250. The minimum atomic E-state index is -4.33. The van der Waals surface area contributed by atoms with Gasteiger partial charge in [0.25, 0.3) is 0 Å². The predicted octanol–water partition coefficient (Wildman–Crippen LogP) is 2.04. The van der Waals surface area contributed by atoms with Crippen LogP contribution in [0, 0.1) is 0 Å². The van der Waals surface area contributed by atoms with Crippen LogP contribution in [0.15, 0.2) is 0 Å². The Kier molecular flexibility index (Phi) is 3.35. The van der Waals surface area contributed by atoms with E-state index >= 15 is 0 Å². The van der Waals surface area contributed by atoms with Crippen LogP contribution in [0.4, 0.5) is 13.2 Å². The summed E-state index contributed by atoms with van der Waals surface area (Å²) < 4.78 is 41.0. The van der Waals surface area contributed by atoms with E-state index in [-0.39, 0.29) is 4.41 Å². The van der Waals surface area contributed by atoms with Crippen molar-refractivity contribution in [2.24, 2.45) is 0 Å². The number of ether oxygens (including phenoxy) is 1. The SMILES string of the molecule is C[C](=[V])OC(C)(C)C(F)(F)F. The predicted molar refractivity (Wildman–Crippen MR) is 31.9 cm³/mol. The van der Waals surface area contributed by atoms with Gasteiger partial charge in [-0.3, -0.25) is 0 Å². The van der Waals surface area contributed by atoms with Crippen molar-refractivity contribution in [3.63, 3.8) is 0 Å². The van der Waals surface area contributed by atoms with Crippen LogP contribution in [0.1, 0.15) is 20.8 Å². The average Bonchev–Trinajstić information content (AvgIpc) is 1.56. The van der Waals surface area contributed by atoms with Gasteiger partial charge >= 0.3 is 71.8 Å². The van der Waals surface area contributed by atoms with Crippen LogP contribution in [0.5, 0.6) is 0 Å². The monoisotopic (exact) mass is 205 g/mol. The van der Waals surface area contributed by atoms with E-state index in [0.29, 0.717) is 0 Å². The molecule has 0 aromatic rings. The maximum atomic E-state index is 12.0. The van der Waals surface area contributed by atoms with Crippen molar-refractivity contribution in [2.75, 3.05) is 0 Å². The quantitative estimate of drug-likeness (QED) is 0.670. The topological polar surface area (TPSA) is 9.23 Å². The summed E-state index contributed by atoms with van der Waals surface area (Å²) in [6.45, 7) is 3.45. The standard InChI is InChI=1S/C6H9F3O.V/c1-4-10-5(2,3)6(7,8)9;/h1-3H3;. The molecule has 65 valence electrons. The second kappa shape index (κ2) is 3.29. The fourth-order valence-corrected chi connectivity index (χ4v) is 0.784. The Balaban J connectivity index is 4.34. The summed E-state index contributed by atoms with van der Waals surface area (Å²) in [6.07, 6.45) is -4.33. The van der Waals surface area contributed by atoms with Gasteiger partial charge in [-0.2, -0.15) is 0 Å². The molecule has 0 spiro atoms. The van der Waals surface area contributed by atoms with Crippen LogP contribution < -0.4 is 0 Å². The van der Waals surface area contributed by atoms with Crippen molar-refractivity contribution in [1.29, 1.82) is 0 Å². The number of halogens is 3. The first kappa shape index (κ1) is 11.2. The van der Waals surface area contributed by atoms with E-state index in [1.54, 1.807) is 0 Å². The fraction of sp³-hybridized carbons (Fsp3) is 0.833. The van der Waals surface area contributed by atoms with E-state index in [2.05, 4.69) is 4.74 Å². The molecule has 0 radical (unpaired) electrons. The second-order valence-corrected chi connectivity index (χ2v) is 3.61. The van der Waals surface area contributed by atoms with Crippen LogP contribution in [0.2, 0.25) is 0 Å². The second-order valence-electron chi connectivity index (χ2n) is 2.63. The van der Waals surface area contributed by atoms with Crippen molar-refractivity contribution in [3.05, 3.63) is 0 Å². The molecule has 0 saturated carbocycles.